The summed E-state index contributed by atoms with van der Waals surface area (Å²) in [5, 5.41) is 0. The van der Waals surface area contributed by atoms with Crippen LogP contribution in [0.2, 0.25) is 0 Å². The van der Waals surface area contributed by atoms with Crippen LogP contribution in [-0.4, -0.2) is 12.1 Å². The summed E-state index contributed by atoms with van der Waals surface area (Å²) >= 11 is 0. The van der Waals surface area contributed by atoms with E-state index in [0.717, 1.165) is 12.8 Å². The Balaban J connectivity index is 1.66. The number of hydrogen-bond acceptors (Lipinski definition) is 2. The van der Waals surface area contributed by atoms with Gasteiger partial charge in [-0.05, 0) is 44.4 Å². The predicted octanol–water partition coefficient (Wildman–Crippen LogP) is 3.05. The van der Waals surface area contributed by atoms with Gasteiger partial charge in [-0.1, -0.05) is 12.8 Å². The maximum absolute atomic E-state index is 11.5. The Labute approximate surface area is 86.0 Å². The van der Waals surface area contributed by atoms with Gasteiger partial charge in [0.25, 0.3) is 0 Å². The average Bonchev–Trinajstić information content (AvgIpc) is 2.76. The van der Waals surface area contributed by atoms with Gasteiger partial charge in [-0.25, -0.2) is 0 Å². The standard InChI is InChI=1S/C12H20O2/c13-12(9-10-5-1-2-6-10)14-11-7-3-4-8-11/h10-11H,1-9H2. The van der Waals surface area contributed by atoms with Crippen molar-refractivity contribution in [2.24, 2.45) is 5.92 Å². The number of hydrogen-bond donors (Lipinski definition) is 0. The molecule has 0 aromatic rings. The highest BCUT2D eigenvalue weighted by Gasteiger charge is 2.23. The zero-order valence-electron chi connectivity index (χ0n) is 8.84. The van der Waals surface area contributed by atoms with E-state index in [1.807, 2.05) is 0 Å². The normalized spacial score (nSPS) is 24.3. The Hall–Kier alpha value is -0.530. The van der Waals surface area contributed by atoms with E-state index < -0.39 is 0 Å². The number of carbonyl (C=O) groups is 1. The molecule has 2 fully saturated rings. The number of rotatable bonds is 3. The first-order chi connectivity index (χ1) is 6.84. The van der Waals surface area contributed by atoms with Crippen molar-refractivity contribution in [3.05, 3.63) is 0 Å². The molecule has 2 aliphatic rings. The van der Waals surface area contributed by atoms with Crippen LogP contribution in [0.1, 0.15) is 57.8 Å². The van der Waals surface area contributed by atoms with E-state index in [2.05, 4.69) is 0 Å². The first kappa shape index (κ1) is 10.0. The van der Waals surface area contributed by atoms with Crippen LogP contribution in [0, 0.1) is 5.92 Å². The fourth-order valence-electron chi connectivity index (χ4n) is 2.69. The zero-order chi connectivity index (χ0) is 9.80. The van der Waals surface area contributed by atoms with Gasteiger partial charge in [-0.15, -0.1) is 0 Å². The second-order valence-corrected chi connectivity index (χ2v) is 4.75. The highest BCUT2D eigenvalue weighted by Crippen LogP contribution is 2.29. The van der Waals surface area contributed by atoms with E-state index in [9.17, 15) is 4.79 Å². The molecule has 2 aliphatic carbocycles. The molecule has 2 saturated carbocycles. The van der Waals surface area contributed by atoms with E-state index >= 15 is 0 Å². The quantitative estimate of drug-likeness (QED) is 0.648. The minimum Gasteiger partial charge on any atom is -0.462 e. The maximum Gasteiger partial charge on any atom is 0.306 e. The van der Waals surface area contributed by atoms with Gasteiger partial charge in [0.2, 0.25) is 0 Å². The molecule has 2 nitrogen and oxygen atoms in total. The topological polar surface area (TPSA) is 26.3 Å². The molecule has 0 radical (unpaired) electrons. The maximum atomic E-state index is 11.5. The lowest BCUT2D eigenvalue weighted by Gasteiger charge is -2.13. The minimum absolute atomic E-state index is 0.0591. The van der Waals surface area contributed by atoms with Gasteiger partial charge in [0.05, 0.1) is 0 Å². The summed E-state index contributed by atoms with van der Waals surface area (Å²) < 4.78 is 5.43. The summed E-state index contributed by atoms with van der Waals surface area (Å²) in [5.41, 5.74) is 0. The van der Waals surface area contributed by atoms with Crippen molar-refractivity contribution in [2.45, 2.75) is 63.9 Å². The fourth-order valence-corrected chi connectivity index (χ4v) is 2.69. The summed E-state index contributed by atoms with van der Waals surface area (Å²) in [4.78, 5) is 11.5. The smallest absolute Gasteiger partial charge is 0.306 e. The zero-order valence-corrected chi connectivity index (χ0v) is 8.84. The molecule has 0 aromatic heterocycles. The lowest BCUT2D eigenvalue weighted by atomic mass is 10.0. The van der Waals surface area contributed by atoms with Crippen LogP contribution in [0.4, 0.5) is 0 Å². The van der Waals surface area contributed by atoms with Crippen LogP contribution in [0.5, 0.6) is 0 Å². The summed E-state index contributed by atoms with van der Waals surface area (Å²) in [6.45, 7) is 0. The Morgan fingerprint density at radius 3 is 2.21 bits per heavy atom. The number of carbonyl (C=O) groups excluding carboxylic acids is 1. The van der Waals surface area contributed by atoms with Crippen molar-refractivity contribution in [3.63, 3.8) is 0 Å². The third-order valence-electron chi connectivity index (χ3n) is 3.53. The van der Waals surface area contributed by atoms with Gasteiger partial charge in [0.1, 0.15) is 6.10 Å². The van der Waals surface area contributed by atoms with E-state index in [1.54, 1.807) is 0 Å². The monoisotopic (exact) mass is 196 g/mol. The van der Waals surface area contributed by atoms with Gasteiger partial charge < -0.3 is 4.74 Å². The van der Waals surface area contributed by atoms with Gasteiger partial charge in [0, 0.05) is 6.42 Å². The van der Waals surface area contributed by atoms with E-state index in [4.69, 9.17) is 4.74 Å². The van der Waals surface area contributed by atoms with Crippen molar-refractivity contribution < 1.29 is 9.53 Å². The molecule has 0 aromatic carbocycles. The Bertz CT molecular complexity index is 168. The third-order valence-corrected chi connectivity index (χ3v) is 3.53. The minimum atomic E-state index is 0.0591. The fraction of sp³-hybridized carbons (Fsp3) is 0.917. The highest BCUT2D eigenvalue weighted by atomic mass is 16.5. The largest absolute Gasteiger partial charge is 0.462 e. The summed E-state index contributed by atoms with van der Waals surface area (Å²) in [5.74, 6) is 0.688. The first-order valence-corrected chi connectivity index (χ1v) is 6.04. The predicted molar refractivity (Wildman–Crippen MR) is 54.9 cm³/mol. The molecule has 0 N–H and O–H groups in total. The Morgan fingerprint density at radius 1 is 1.00 bits per heavy atom. The summed E-state index contributed by atoms with van der Waals surface area (Å²) in [6.07, 6.45) is 10.7. The van der Waals surface area contributed by atoms with E-state index in [-0.39, 0.29) is 12.1 Å². The Morgan fingerprint density at radius 2 is 1.57 bits per heavy atom. The molecule has 0 bridgehead atoms. The van der Waals surface area contributed by atoms with Crippen molar-refractivity contribution in [2.75, 3.05) is 0 Å². The van der Waals surface area contributed by atoms with E-state index in [0.29, 0.717) is 12.3 Å². The van der Waals surface area contributed by atoms with Gasteiger partial charge in [-0.2, -0.15) is 0 Å². The van der Waals surface area contributed by atoms with Crippen molar-refractivity contribution in [1.82, 2.24) is 0 Å². The molecule has 14 heavy (non-hydrogen) atoms. The van der Waals surface area contributed by atoms with Crippen molar-refractivity contribution in [3.8, 4) is 0 Å². The van der Waals surface area contributed by atoms with Crippen LogP contribution in [0.3, 0.4) is 0 Å². The molecule has 2 heteroatoms. The Kier molecular flexibility index (Phi) is 3.44. The van der Waals surface area contributed by atoms with Crippen LogP contribution < -0.4 is 0 Å². The molecular formula is C12H20O2. The molecule has 0 atom stereocenters. The molecule has 0 unspecified atom stereocenters. The molecule has 0 aliphatic heterocycles. The molecule has 0 spiro atoms. The lowest BCUT2D eigenvalue weighted by Crippen LogP contribution is -2.16. The molecule has 80 valence electrons. The van der Waals surface area contributed by atoms with Crippen LogP contribution >= 0.6 is 0 Å². The van der Waals surface area contributed by atoms with E-state index in [1.165, 1.54) is 38.5 Å². The van der Waals surface area contributed by atoms with Gasteiger partial charge in [-0.3, -0.25) is 4.79 Å². The molecule has 0 amide bonds. The third kappa shape index (κ3) is 2.73. The highest BCUT2D eigenvalue weighted by molar-refractivity contribution is 5.69. The number of esters is 1. The van der Waals surface area contributed by atoms with Crippen LogP contribution in [0.25, 0.3) is 0 Å². The SMILES string of the molecule is O=C(CC1CCCC1)OC1CCCC1. The first-order valence-electron chi connectivity index (χ1n) is 6.04. The molecular weight excluding hydrogens is 176 g/mol. The lowest BCUT2D eigenvalue weighted by molar-refractivity contribution is -0.149. The van der Waals surface area contributed by atoms with Crippen molar-refractivity contribution >= 4 is 5.97 Å². The summed E-state index contributed by atoms with van der Waals surface area (Å²) in [7, 11) is 0. The van der Waals surface area contributed by atoms with Crippen LogP contribution in [0.15, 0.2) is 0 Å². The second-order valence-electron chi connectivity index (χ2n) is 4.75. The number of ether oxygens (including phenoxy) is 1. The van der Waals surface area contributed by atoms with Gasteiger partial charge in [0.15, 0.2) is 0 Å². The molecule has 0 saturated heterocycles. The van der Waals surface area contributed by atoms with Crippen molar-refractivity contribution in [1.29, 1.82) is 0 Å². The molecule has 0 heterocycles. The second kappa shape index (κ2) is 4.81. The average molecular weight is 196 g/mol. The summed E-state index contributed by atoms with van der Waals surface area (Å²) in [6, 6.07) is 0. The van der Waals surface area contributed by atoms with Crippen LogP contribution in [-0.2, 0) is 9.53 Å². The van der Waals surface area contributed by atoms with Gasteiger partial charge >= 0.3 is 5.97 Å². The molecule has 2 rings (SSSR count).